The minimum atomic E-state index is -0.503. The van der Waals surface area contributed by atoms with Crippen LogP contribution in [0, 0.1) is 6.92 Å². The van der Waals surface area contributed by atoms with Gasteiger partial charge >= 0.3 is 5.97 Å². The van der Waals surface area contributed by atoms with Crippen molar-refractivity contribution in [2.45, 2.75) is 20.8 Å². The summed E-state index contributed by atoms with van der Waals surface area (Å²) in [6.45, 7) is 5.88. The standard InChI is InChI=1S/C23H23ClN2O5S/c1-4-29-18-11-15(10-17(24)21(18)31-13-20(27)30-5-2)12-19-22(28)26-23(32-19)25-16-8-6-14(3)7-9-16/h6-12H,4-5,13H2,1-3H3,(H,25,26,28)/b19-12+. The Labute approximate surface area is 195 Å². The molecule has 2 aromatic rings. The van der Waals surface area contributed by atoms with Gasteiger partial charge in [-0.1, -0.05) is 29.3 Å². The highest BCUT2D eigenvalue weighted by atomic mass is 35.5. The zero-order valence-electron chi connectivity index (χ0n) is 17.9. The number of hydrogen-bond acceptors (Lipinski definition) is 7. The first-order valence-corrected chi connectivity index (χ1v) is 11.2. The molecule has 0 spiro atoms. The summed E-state index contributed by atoms with van der Waals surface area (Å²) in [7, 11) is 0. The number of aryl methyl sites for hydroxylation is 1. The van der Waals surface area contributed by atoms with Crippen molar-refractivity contribution in [3.05, 3.63) is 57.5 Å². The van der Waals surface area contributed by atoms with E-state index in [1.165, 1.54) is 11.8 Å². The summed E-state index contributed by atoms with van der Waals surface area (Å²) in [6.07, 6.45) is 1.70. The third kappa shape index (κ3) is 6.27. The fourth-order valence-electron chi connectivity index (χ4n) is 2.78. The van der Waals surface area contributed by atoms with Gasteiger partial charge in [0.15, 0.2) is 23.3 Å². The third-order valence-electron chi connectivity index (χ3n) is 4.18. The van der Waals surface area contributed by atoms with Crippen LogP contribution in [0.25, 0.3) is 6.08 Å². The largest absolute Gasteiger partial charge is 0.490 e. The van der Waals surface area contributed by atoms with Gasteiger partial charge in [-0.2, -0.15) is 0 Å². The van der Waals surface area contributed by atoms with Crippen LogP contribution in [-0.4, -0.2) is 36.9 Å². The first kappa shape index (κ1) is 23.7. The highest BCUT2D eigenvalue weighted by molar-refractivity contribution is 8.18. The van der Waals surface area contributed by atoms with Gasteiger partial charge in [0.05, 0.1) is 28.8 Å². The van der Waals surface area contributed by atoms with Gasteiger partial charge in [0.2, 0.25) is 0 Å². The van der Waals surface area contributed by atoms with Gasteiger partial charge in [-0.3, -0.25) is 4.79 Å². The van der Waals surface area contributed by atoms with Gasteiger partial charge in [-0.05, 0) is 68.4 Å². The Hall–Kier alpha value is -2.97. The summed E-state index contributed by atoms with van der Waals surface area (Å²) in [6, 6.07) is 11.0. The van der Waals surface area contributed by atoms with Gasteiger partial charge in [-0.15, -0.1) is 0 Å². The number of aliphatic imine (C=N–C) groups is 1. The normalized spacial score (nSPS) is 15.7. The molecule has 0 bridgehead atoms. The maximum absolute atomic E-state index is 12.4. The molecule has 0 aromatic heterocycles. The van der Waals surface area contributed by atoms with Crippen LogP contribution in [-0.2, 0) is 14.3 Å². The second kappa shape index (κ2) is 11.1. The fraction of sp³-hybridized carbons (Fsp3) is 0.261. The lowest BCUT2D eigenvalue weighted by atomic mass is 10.2. The molecule has 0 radical (unpaired) electrons. The molecule has 7 nitrogen and oxygen atoms in total. The number of amides is 1. The predicted molar refractivity (Wildman–Crippen MR) is 127 cm³/mol. The van der Waals surface area contributed by atoms with Crippen molar-refractivity contribution in [2.24, 2.45) is 4.99 Å². The summed E-state index contributed by atoms with van der Waals surface area (Å²) in [5.41, 5.74) is 2.54. The summed E-state index contributed by atoms with van der Waals surface area (Å²) < 4.78 is 16.0. The lowest BCUT2D eigenvalue weighted by molar-refractivity contribution is -0.145. The van der Waals surface area contributed by atoms with E-state index in [4.69, 9.17) is 25.8 Å². The molecule has 1 N–H and O–H groups in total. The average molecular weight is 475 g/mol. The maximum Gasteiger partial charge on any atom is 0.344 e. The van der Waals surface area contributed by atoms with Gasteiger partial charge in [0.1, 0.15) is 0 Å². The van der Waals surface area contributed by atoms with E-state index in [1.54, 1.807) is 25.1 Å². The van der Waals surface area contributed by atoms with E-state index in [2.05, 4.69) is 10.3 Å². The van der Waals surface area contributed by atoms with Gasteiger partial charge < -0.3 is 19.5 Å². The molecule has 1 heterocycles. The van der Waals surface area contributed by atoms with E-state index in [1.807, 2.05) is 38.1 Å². The van der Waals surface area contributed by atoms with E-state index >= 15 is 0 Å². The first-order chi connectivity index (χ1) is 15.4. The number of rotatable bonds is 8. The zero-order chi connectivity index (χ0) is 23.1. The van der Waals surface area contributed by atoms with Crippen LogP contribution >= 0.6 is 23.4 Å². The van der Waals surface area contributed by atoms with Crippen molar-refractivity contribution >= 4 is 52.2 Å². The van der Waals surface area contributed by atoms with Crippen molar-refractivity contribution in [3.63, 3.8) is 0 Å². The SMILES string of the molecule is CCOC(=O)COc1c(Cl)cc(/C=C2/SC(=Nc3ccc(C)cc3)NC2=O)cc1OCC. The van der Waals surface area contributed by atoms with Crippen molar-refractivity contribution in [3.8, 4) is 11.5 Å². The van der Waals surface area contributed by atoms with Gasteiger partial charge in [0, 0.05) is 0 Å². The van der Waals surface area contributed by atoms with Crippen LogP contribution in [0.3, 0.4) is 0 Å². The molecule has 0 aliphatic carbocycles. The fourth-order valence-corrected chi connectivity index (χ4v) is 3.89. The molecule has 168 valence electrons. The Bertz CT molecular complexity index is 1070. The lowest BCUT2D eigenvalue weighted by Gasteiger charge is -2.14. The molecule has 0 saturated carbocycles. The number of hydrogen-bond donors (Lipinski definition) is 1. The molecular formula is C23H23ClN2O5S. The molecule has 1 aliphatic rings. The number of ether oxygens (including phenoxy) is 3. The first-order valence-electron chi connectivity index (χ1n) is 10.0. The minimum absolute atomic E-state index is 0.244. The smallest absolute Gasteiger partial charge is 0.344 e. The molecule has 1 saturated heterocycles. The summed E-state index contributed by atoms with van der Waals surface area (Å²) in [4.78, 5) is 29.0. The van der Waals surface area contributed by atoms with Crippen LogP contribution < -0.4 is 14.8 Å². The summed E-state index contributed by atoms with van der Waals surface area (Å²) in [5, 5.41) is 3.51. The minimum Gasteiger partial charge on any atom is -0.490 e. The Morgan fingerprint density at radius 2 is 1.91 bits per heavy atom. The summed E-state index contributed by atoms with van der Waals surface area (Å²) in [5.74, 6) is -0.142. The van der Waals surface area contributed by atoms with Crippen molar-refractivity contribution in [1.82, 2.24) is 5.32 Å². The Morgan fingerprint density at radius 3 is 2.59 bits per heavy atom. The van der Waals surface area contributed by atoms with E-state index in [-0.39, 0.29) is 29.9 Å². The Balaban J connectivity index is 1.81. The molecule has 3 rings (SSSR count). The number of nitrogens with one attached hydrogen (secondary N) is 1. The quantitative estimate of drug-likeness (QED) is 0.433. The van der Waals surface area contributed by atoms with Crippen LogP contribution in [0.2, 0.25) is 5.02 Å². The topological polar surface area (TPSA) is 86.2 Å². The number of carbonyl (C=O) groups is 2. The van der Waals surface area contributed by atoms with Crippen molar-refractivity contribution < 1.29 is 23.8 Å². The highest BCUT2D eigenvalue weighted by Crippen LogP contribution is 2.38. The van der Waals surface area contributed by atoms with Gasteiger partial charge in [-0.25, -0.2) is 9.79 Å². The van der Waals surface area contributed by atoms with Crippen molar-refractivity contribution in [2.75, 3.05) is 19.8 Å². The number of amidine groups is 1. The van der Waals surface area contributed by atoms with E-state index in [0.717, 1.165) is 11.3 Å². The van der Waals surface area contributed by atoms with E-state index < -0.39 is 5.97 Å². The average Bonchev–Trinajstić information content (AvgIpc) is 3.08. The zero-order valence-corrected chi connectivity index (χ0v) is 19.5. The van der Waals surface area contributed by atoms with E-state index in [0.29, 0.717) is 28.0 Å². The number of carbonyl (C=O) groups excluding carboxylic acids is 2. The molecular weight excluding hydrogens is 452 g/mol. The number of nitrogens with zero attached hydrogens (tertiary/aromatic N) is 1. The monoisotopic (exact) mass is 474 g/mol. The maximum atomic E-state index is 12.4. The summed E-state index contributed by atoms with van der Waals surface area (Å²) >= 11 is 7.62. The third-order valence-corrected chi connectivity index (χ3v) is 5.38. The van der Waals surface area contributed by atoms with Crippen LogP contribution in [0.1, 0.15) is 25.0 Å². The second-order valence-electron chi connectivity index (χ2n) is 6.67. The number of esters is 1. The number of benzene rings is 2. The van der Waals surface area contributed by atoms with Crippen molar-refractivity contribution in [1.29, 1.82) is 0 Å². The van der Waals surface area contributed by atoms with Gasteiger partial charge in [0.25, 0.3) is 5.91 Å². The Morgan fingerprint density at radius 1 is 1.16 bits per heavy atom. The second-order valence-corrected chi connectivity index (χ2v) is 8.11. The molecule has 1 amide bonds. The molecule has 1 fully saturated rings. The highest BCUT2D eigenvalue weighted by Gasteiger charge is 2.24. The molecule has 0 atom stereocenters. The Kier molecular flexibility index (Phi) is 8.19. The molecule has 9 heteroatoms. The van der Waals surface area contributed by atoms with Crippen LogP contribution in [0.15, 0.2) is 46.3 Å². The molecule has 1 aliphatic heterocycles. The molecule has 0 unspecified atom stereocenters. The lowest BCUT2D eigenvalue weighted by Crippen LogP contribution is -2.19. The predicted octanol–water partition coefficient (Wildman–Crippen LogP) is 4.88. The van der Waals surface area contributed by atoms with Crippen LogP contribution in [0.4, 0.5) is 5.69 Å². The number of thioether (sulfide) groups is 1. The molecule has 32 heavy (non-hydrogen) atoms. The van der Waals surface area contributed by atoms with E-state index in [9.17, 15) is 9.59 Å². The molecule has 2 aromatic carbocycles. The van der Waals surface area contributed by atoms with Crippen LogP contribution in [0.5, 0.6) is 11.5 Å². The number of halogens is 1.